The van der Waals surface area contributed by atoms with E-state index in [4.69, 9.17) is 9.79 Å². The Morgan fingerprint density at radius 1 is 1.27 bits per heavy atom. The van der Waals surface area contributed by atoms with Crippen LogP contribution in [0.2, 0.25) is 0 Å². The van der Waals surface area contributed by atoms with Gasteiger partial charge < -0.3 is 0 Å². The molecule has 0 amide bonds. The molecule has 86 valence electrons. The molecule has 2 unspecified atom stereocenters. The van der Waals surface area contributed by atoms with Crippen molar-refractivity contribution in [1.29, 1.82) is 0 Å². The van der Waals surface area contributed by atoms with Crippen molar-refractivity contribution < 1.29 is 23.2 Å². The number of hydrogen-bond donors (Lipinski definition) is 2. The molecule has 0 fully saturated rings. The maximum Gasteiger partial charge on any atom is 0.745 e. The Kier molecular flexibility index (Phi) is 11.5. The van der Waals surface area contributed by atoms with Crippen molar-refractivity contribution in [3.8, 4) is 0 Å². The minimum absolute atomic E-state index is 0.630. The fourth-order valence-corrected chi connectivity index (χ4v) is 0.871. The normalized spacial score (nSPS) is 10.9. The van der Waals surface area contributed by atoms with E-state index in [1.807, 2.05) is 0 Å². The molecular formula is C8H16O5P2+2. The first kappa shape index (κ1) is 17.0. The second-order valence-electron chi connectivity index (χ2n) is 3.11. The highest BCUT2D eigenvalue weighted by Crippen LogP contribution is 2.30. The molecule has 0 radical (unpaired) electrons. The third-order valence-electron chi connectivity index (χ3n) is 0.845. The monoisotopic (exact) mass is 254 g/mol. The molecule has 7 heteroatoms. The second-order valence-corrected chi connectivity index (χ2v) is 4.72. The molecule has 0 bridgehead atoms. The van der Waals surface area contributed by atoms with E-state index in [2.05, 4.69) is 43.8 Å². The fourth-order valence-electron chi connectivity index (χ4n) is 0.393. The first-order valence-corrected chi connectivity index (χ1v) is 6.42. The van der Waals surface area contributed by atoms with Crippen molar-refractivity contribution in [2.75, 3.05) is 0 Å². The average Bonchev–Trinajstić information content (AvgIpc) is 1.99. The predicted molar refractivity (Wildman–Crippen MR) is 58.5 cm³/mol. The predicted octanol–water partition coefficient (Wildman–Crippen LogP) is 3.07. The van der Waals surface area contributed by atoms with Crippen LogP contribution in [0.5, 0.6) is 0 Å². The SMILES string of the molecule is CC(C)=C=CC(C)C.O=[P+](O)O[P+](=O)O. The zero-order valence-electron chi connectivity index (χ0n) is 9.17. The summed E-state index contributed by atoms with van der Waals surface area (Å²) in [5, 5.41) is 0. The number of rotatable bonds is 3. The van der Waals surface area contributed by atoms with E-state index in [1.54, 1.807) is 0 Å². The second kappa shape index (κ2) is 10.1. The van der Waals surface area contributed by atoms with Gasteiger partial charge in [0, 0.05) is 9.13 Å². The number of hydrogen-bond acceptors (Lipinski definition) is 3. The van der Waals surface area contributed by atoms with Crippen molar-refractivity contribution >= 4 is 16.5 Å². The standard InChI is InChI=1S/C8H14.O5P2/c1-7(2)5-6-8(3)4;1-6(2)5-7(3)4/h5,7H,1-4H3;/p+2. The van der Waals surface area contributed by atoms with Gasteiger partial charge in [-0.25, -0.2) is 0 Å². The molecule has 5 nitrogen and oxygen atoms in total. The van der Waals surface area contributed by atoms with E-state index >= 15 is 0 Å². The molecule has 0 aromatic rings. The molecular weight excluding hydrogens is 238 g/mol. The molecule has 0 saturated heterocycles. The average molecular weight is 254 g/mol. The van der Waals surface area contributed by atoms with E-state index in [0.717, 1.165) is 0 Å². The first-order chi connectivity index (χ1) is 6.75. The van der Waals surface area contributed by atoms with Gasteiger partial charge in [-0.2, -0.15) is 0 Å². The molecule has 2 N–H and O–H groups in total. The molecule has 0 spiro atoms. The topological polar surface area (TPSA) is 83.8 Å². The third-order valence-corrected chi connectivity index (χ3v) is 1.96. The third kappa shape index (κ3) is 24.7. The van der Waals surface area contributed by atoms with Crippen LogP contribution in [-0.4, -0.2) is 9.79 Å². The highest BCUT2D eigenvalue weighted by molar-refractivity contribution is 7.46. The van der Waals surface area contributed by atoms with Gasteiger partial charge in [0.15, 0.2) is 4.31 Å². The Labute approximate surface area is 91.4 Å². The highest BCUT2D eigenvalue weighted by Gasteiger charge is 2.31. The van der Waals surface area contributed by atoms with E-state index < -0.39 is 16.5 Å². The van der Waals surface area contributed by atoms with Crippen LogP contribution in [-0.2, 0) is 13.4 Å². The van der Waals surface area contributed by atoms with Gasteiger partial charge in [-0.1, -0.05) is 13.8 Å². The zero-order chi connectivity index (χ0) is 12.4. The van der Waals surface area contributed by atoms with E-state index in [0.29, 0.717) is 5.92 Å². The summed E-state index contributed by atoms with van der Waals surface area (Å²) in [4.78, 5) is 15.3. The molecule has 0 aliphatic rings. The summed E-state index contributed by atoms with van der Waals surface area (Å²) in [6, 6.07) is 0. The largest absolute Gasteiger partial charge is 0.745 e. The molecule has 0 aromatic carbocycles. The summed E-state index contributed by atoms with van der Waals surface area (Å²) >= 11 is 0. The molecule has 2 atom stereocenters. The summed E-state index contributed by atoms with van der Waals surface area (Å²) < 4.78 is 22.2. The van der Waals surface area contributed by atoms with E-state index in [1.165, 1.54) is 5.57 Å². The van der Waals surface area contributed by atoms with Gasteiger partial charge in [-0.3, -0.25) is 0 Å². The fraction of sp³-hybridized carbons (Fsp3) is 0.625. The minimum atomic E-state index is -2.92. The Balaban J connectivity index is 0. The lowest BCUT2D eigenvalue weighted by atomic mass is 10.2. The molecule has 0 aromatic heterocycles. The van der Waals surface area contributed by atoms with Gasteiger partial charge in [0.2, 0.25) is 0 Å². The summed E-state index contributed by atoms with van der Waals surface area (Å²) in [6.45, 7) is 8.41. The summed E-state index contributed by atoms with van der Waals surface area (Å²) in [5.74, 6) is 0.630. The Hall–Kier alpha value is -0.400. The molecule has 0 saturated carbocycles. The van der Waals surface area contributed by atoms with Crippen LogP contribution in [0.15, 0.2) is 17.4 Å². The minimum Gasteiger partial charge on any atom is -0.131 e. The maximum absolute atomic E-state index is 9.39. The van der Waals surface area contributed by atoms with Crippen molar-refractivity contribution in [1.82, 2.24) is 0 Å². The lowest BCUT2D eigenvalue weighted by Crippen LogP contribution is -1.73. The van der Waals surface area contributed by atoms with Gasteiger partial charge in [0.1, 0.15) is 0 Å². The molecule has 0 aliphatic carbocycles. The lowest BCUT2D eigenvalue weighted by molar-refractivity contribution is 0.371. The van der Waals surface area contributed by atoms with Gasteiger partial charge in [0.25, 0.3) is 0 Å². The van der Waals surface area contributed by atoms with Crippen LogP contribution in [0, 0.1) is 5.92 Å². The first-order valence-electron chi connectivity index (χ1n) is 4.16. The van der Waals surface area contributed by atoms with Crippen molar-refractivity contribution in [2.24, 2.45) is 5.92 Å². The van der Waals surface area contributed by atoms with Crippen molar-refractivity contribution in [3.63, 3.8) is 0 Å². The highest BCUT2D eigenvalue weighted by atomic mass is 31.2. The Bertz CT molecular complexity index is 263. The van der Waals surface area contributed by atoms with Crippen molar-refractivity contribution in [2.45, 2.75) is 27.7 Å². The van der Waals surface area contributed by atoms with Crippen LogP contribution in [0.1, 0.15) is 27.7 Å². The zero-order valence-corrected chi connectivity index (χ0v) is 11.0. The number of allylic oxidation sites excluding steroid dienone is 1. The quantitative estimate of drug-likeness (QED) is 0.597. The van der Waals surface area contributed by atoms with Gasteiger partial charge in [-0.15, -0.1) is 15.5 Å². The summed E-state index contributed by atoms with van der Waals surface area (Å²) in [5.41, 5.74) is 4.39. The smallest absolute Gasteiger partial charge is 0.131 e. The van der Waals surface area contributed by atoms with E-state index in [9.17, 15) is 9.13 Å². The summed E-state index contributed by atoms with van der Waals surface area (Å²) in [6.07, 6.45) is 2.08. The van der Waals surface area contributed by atoms with Crippen LogP contribution in [0.4, 0.5) is 0 Å². The van der Waals surface area contributed by atoms with Gasteiger partial charge in [-0.05, 0) is 31.4 Å². The van der Waals surface area contributed by atoms with E-state index in [-0.39, 0.29) is 0 Å². The van der Waals surface area contributed by atoms with Gasteiger partial charge in [0.05, 0.1) is 0 Å². The Morgan fingerprint density at radius 3 is 1.73 bits per heavy atom. The maximum atomic E-state index is 9.39. The van der Waals surface area contributed by atoms with Crippen LogP contribution in [0.25, 0.3) is 0 Å². The van der Waals surface area contributed by atoms with Crippen LogP contribution < -0.4 is 0 Å². The summed E-state index contributed by atoms with van der Waals surface area (Å²) in [7, 11) is -5.85. The van der Waals surface area contributed by atoms with Crippen molar-refractivity contribution in [3.05, 3.63) is 17.4 Å². The van der Waals surface area contributed by atoms with Crippen LogP contribution in [0.3, 0.4) is 0 Å². The molecule has 15 heavy (non-hydrogen) atoms. The van der Waals surface area contributed by atoms with Crippen LogP contribution >= 0.6 is 16.5 Å². The lowest BCUT2D eigenvalue weighted by Gasteiger charge is -1.86. The molecule has 0 rings (SSSR count). The Morgan fingerprint density at radius 2 is 1.67 bits per heavy atom. The van der Waals surface area contributed by atoms with Gasteiger partial charge >= 0.3 is 16.5 Å². The molecule has 0 aliphatic heterocycles. The molecule has 0 heterocycles.